The lowest BCUT2D eigenvalue weighted by molar-refractivity contribution is 0.159. The maximum Gasteiger partial charge on any atom is 0.190 e. The normalized spacial score (nSPS) is 18.4. The molecule has 0 bridgehead atoms. The summed E-state index contributed by atoms with van der Waals surface area (Å²) in [5.74, 6) is 0.928. The molecule has 26 heavy (non-hydrogen) atoms. The van der Waals surface area contributed by atoms with Crippen LogP contribution < -0.4 is 10.6 Å². The first kappa shape index (κ1) is 23.6. The molecule has 2 N–H and O–H groups in total. The molecule has 150 valence electrons. The first-order chi connectivity index (χ1) is 12.2. The Morgan fingerprint density at radius 3 is 2.69 bits per heavy atom. The summed E-state index contributed by atoms with van der Waals surface area (Å²) >= 11 is 1.77. The van der Waals surface area contributed by atoms with Gasteiger partial charge >= 0.3 is 0 Å². The van der Waals surface area contributed by atoms with E-state index in [1.165, 1.54) is 50.2 Å². The van der Waals surface area contributed by atoms with E-state index < -0.39 is 0 Å². The van der Waals surface area contributed by atoms with E-state index in [9.17, 15) is 0 Å². The summed E-state index contributed by atoms with van der Waals surface area (Å²) in [6.45, 7) is 8.84. The van der Waals surface area contributed by atoms with Crippen LogP contribution in [0.5, 0.6) is 0 Å². The molecule has 0 radical (unpaired) electrons. The van der Waals surface area contributed by atoms with Gasteiger partial charge < -0.3 is 15.5 Å². The third-order valence-electron chi connectivity index (χ3n) is 4.86. The first-order valence-corrected chi connectivity index (χ1v) is 10.7. The van der Waals surface area contributed by atoms with Gasteiger partial charge in [0.25, 0.3) is 0 Å². The molecule has 7 heteroatoms. The molecule has 2 rings (SSSR count). The van der Waals surface area contributed by atoms with Gasteiger partial charge in [0.2, 0.25) is 0 Å². The second kappa shape index (κ2) is 13.7. The van der Waals surface area contributed by atoms with Crippen LogP contribution in [-0.2, 0) is 6.42 Å². The summed E-state index contributed by atoms with van der Waals surface area (Å²) in [5, 5.41) is 10.2. The summed E-state index contributed by atoms with van der Waals surface area (Å²) in [7, 11) is 1.85. The van der Waals surface area contributed by atoms with E-state index >= 15 is 0 Å². The van der Waals surface area contributed by atoms with Gasteiger partial charge in [0.1, 0.15) is 0 Å². The van der Waals surface area contributed by atoms with Crippen LogP contribution >= 0.6 is 35.3 Å². The van der Waals surface area contributed by atoms with Crippen molar-refractivity contribution in [1.29, 1.82) is 0 Å². The second-order valence-corrected chi connectivity index (χ2v) is 7.94. The summed E-state index contributed by atoms with van der Waals surface area (Å²) in [6, 6.07) is 0.757. The SMILES string of the molecule is CN=C(NCCCCc1nc(C)cs1)NCCCN1CCCCC1C.I. The van der Waals surface area contributed by atoms with Crippen LogP contribution in [0.2, 0.25) is 0 Å². The van der Waals surface area contributed by atoms with Gasteiger partial charge in [0.15, 0.2) is 5.96 Å². The number of rotatable bonds is 9. The maximum atomic E-state index is 4.51. The number of hydrogen-bond donors (Lipinski definition) is 2. The number of hydrogen-bond acceptors (Lipinski definition) is 4. The molecular weight excluding hydrogens is 457 g/mol. The highest BCUT2D eigenvalue weighted by Gasteiger charge is 2.17. The second-order valence-electron chi connectivity index (χ2n) is 7.00. The van der Waals surface area contributed by atoms with E-state index in [1.807, 2.05) is 7.05 Å². The van der Waals surface area contributed by atoms with E-state index in [2.05, 4.69) is 44.7 Å². The number of nitrogens with one attached hydrogen (secondary N) is 2. The molecule has 1 aromatic heterocycles. The Labute approximate surface area is 180 Å². The fraction of sp³-hybridized carbons (Fsp3) is 0.789. The monoisotopic (exact) mass is 493 g/mol. The molecule has 0 saturated carbocycles. The fourth-order valence-electron chi connectivity index (χ4n) is 3.32. The molecule has 0 aromatic carbocycles. The molecule has 1 atom stereocenters. The van der Waals surface area contributed by atoms with Gasteiger partial charge in [0, 0.05) is 43.8 Å². The predicted octanol–water partition coefficient (Wildman–Crippen LogP) is 3.82. The summed E-state index contributed by atoms with van der Waals surface area (Å²) in [4.78, 5) is 11.5. The summed E-state index contributed by atoms with van der Waals surface area (Å²) in [5.41, 5.74) is 1.14. The van der Waals surface area contributed by atoms with Gasteiger partial charge in [-0.1, -0.05) is 6.42 Å². The standard InChI is InChI=1S/C19H35N5S.HI/c1-16-15-25-18(23-16)10-4-6-11-21-19(20-3)22-12-8-14-24-13-7-5-9-17(24)2;/h15,17H,4-14H2,1-3H3,(H2,20,21,22);1H. The number of nitrogens with zero attached hydrogens (tertiary/aromatic N) is 3. The fourth-order valence-corrected chi connectivity index (χ4v) is 4.14. The molecule has 2 heterocycles. The minimum absolute atomic E-state index is 0. The zero-order chi connectivity index (χ0) is 17.9. The van der Waals surface area contributed by atoms with Crippen molar-refractivity contribution in [2.75, 3.05) is 33.2 Å². The Hall–Kier alpha value is -0.410. The Balaban J connectivity index is 0.00000338. The number of aryl methyl sites for hydroxylation is 2. The van der Waals surface area contributed by atoms with Crippen LogP contribution in [0, 0.1) is 6.92 Å². The Morgan fingerprint density at radius 2 is 2.04 bits per heavy atom. The molecule has 1 saturated heterocycles. The van der Waals surface area contributed by atoms with E-state index in [0.29, 0.717) is 0 Å². The highest BCUT2D eigenvalue weighted by molar-refractivity contribution is 14.0. The van der Waals surface area contributed by atoms with Crippen molar-refractivity contribution < 1.29 is 0 Å². The van der Waals surface area contributed by atoms with Crippen LogP contribution in [0.3, 0.4) is 0 Å². The van der Waals surface area contributed by atoms with Gasteiger partial charge in [-0.3, -0.25) is 4.99 Å². The highest BCUT2D eigenvalue weighted by atomic mass is 127. The van der Waals surface area contributed by atoms with Crippen molar-refractivity contribution >= 4 is 41.3 Å². The number of halogens is 1. The van der Waals surface area contributed by atoms with E-state index in [0.717, 1.165) is 43.6 Å². The van der Waals surface area contributed by atoms with Gasteiger partial charge in [-0.05, 0) is 58.9 Å². The molecule has 1 fully saturated rings. The van der Waals surface area contributed by atoms with Crippen molar-refractivity contribution in [2.24, 2.45) is 4.99 Å². The van der Waals surface area contributed by atoms with Crippen molar-refractivity contribution in [3.8, 4) is 0 Å². The average Bonchev–Trinajstić information content (AvgIpc) is 3.03. The zero-order valence-corrected chi connectivity index (χ0v) is 19.7. The lowest BCUT2D eigenvalue weighted by Crippen LogP contribution is -2.41. The minimum atomic E-state index is 0. The van der Waals surface area contributed by atoms with Crippen LogP contribution in [0.4, 0.5) is 0 Å². The van der Waals surface area contributed by atoms with Gasteiger partial charge in [-0.15, -0.1) is 35.3 Å². The molecule has 1 aromatic rings. The number of guanidine groups is 1. The Kier molecular flexibility index (Phi) is 12.5. The largest absolute Gasteiger partial charge is 0.356 e. The van der Waals surface area contributed by atoms with Crippen molar-refractivity contribution in [2.45, 2.75) is 64.8 Å². The van der Waals surface area contributed by atoms with Gasteiger partial charge in [-0.25, -0.2) is 4.98 Å². The number of aliphatic imine (C=N–C) groups is 1. The van der Waals surface area contributed by atoms with Crippen LogP contribution in [0.25, 0.3) is 0 Å². The third kappa shape index (κ3) is 8.99. The summed E-state index contributed by atoms with van der Waals surface area (Å²) in [6.07, 6.45) is 8.69. The highest BCUT2D eigenvalue weighted by Crippen LogP contribution is 2.16. The van der Waals surface area contributed by atoms with Crippen LogP contribution in [0.1, 0.15) is 56.2 Å². The van der Waals surface area contributed by atoms with E-state index in [-0.39, 0.29) is 24.0 Å². The number of piperidine rings is 1. The number of aromatic nitrogens is 1. The molecular formula is C19H36IN5S. The van der Waals surface area contributed by atoms with Crippen molar-refractivity contribution in [3.63, 3.8) is 0 Å². The smallest absolute Gasteiger partial charge is 0.190 e. The average molecular weight is 494 g/mol. The Bertz CT molecular complexity index is 520. The summed E-state index contributed by atoms with van der Waals surface area (Å²) < 4.78 is 0. The maximum absolute atomic E-state index is 4.51. The van der Waals surface area contributed by atoms with Crippen LogP contribution in [-0.4, -0.2) is 55.1 Å². The van der Waals surface area contributed by atoms with Crippen molar-refractivity contribution in [3.05, 3.63) is 16.1 Å². The number of likely N-dealkylation sites (tertiary alicyclic amines) is 1. The van der Waals surface area contributed by atoms with E-state index in [1.54, 1.807) is 11.3 Å². The molecule has 0 amide bonds. The topological polar surface area (TPSA) is 52.6 Å². The quantitative estimate of drug-likeness (QED) is 0.238. The lowest BCUT2D eigenvalue weighted by Gasteiger charge is -2.33. The zero-order valence-electron chi connectivity index (χ0n) is 16.6. The number of unbranched alkanes of at least 4 members (excludes halogenated alkanes) is 1. The van der Waals surface area contributed by atoms with Crippen molar-refractivity contribution in [1.82, 2.24) is 20.5 Å². The van der Waals surface area contributed by atoms with Crippen LogP contribution in [0.15, 0.2) is 10.4 Å². The molecule has 1 aliphatic heterocycles. The lowest BCUT2D eigenvalue weighted by atomic mass is 10.0. The molecule has 1 unspecified atom stereocenters. The Morgan fingerprint density at radius 1 is 1.27 bits per heavy atom. The van der Waals surface area contributed by atoms with Gasteiger partial charge in [-0.2, -0.15) is 0 Å². The third-order valence-corrected chi connectivity index (χ3v) is 5.88. The molecule has 1 aliphatic rings. The predicted molar refractivity (Wildman–Crippen MR) is 124 cm³/mol. The van der Waals surface area contributed by atoms with Gasteiger partial charge in [0.05, 0.1) is 5.01 Å². The molecule has 0 spiro atoms. The minimum Gasteiger partial charge on any atom is -0.356 e. The first-order valence-electron chi connectivity index (χ1n) is 9.78. The number of thiazole rings is 1. The molecule has 0 aliphatic carbocycles. The molecule has 5 nitrogen and oxygen atoms in total. The van der Waals surface area contributed by atoms with E-state index in [4.69, 9.17) is 0 Å².